The summed E-state index contributed by atoms with van der Waals surface area (Å²) in [4.78, 5) is 12.5. The topological polar surface area (TPSA) is 29.1 Å². The standard InChI is InChI=1S/C18H21NO/c1-13-9-10-14-6-2-3-7-15(14)16(13)12-18(20)17-8-4-5-11-19-17/h2-3,6-7,9-10,17,19H,4-5,8,11-12H2,1H3. The molecule has 2 nitrogen and oxygen atoms in total. The van der Waals surface area contributed by atoms with Crippen LogP contribution in [0.15, 0.2) is 36.4 Å². The van der Waals surface area contributed by atoms with Crippen molar-refractivity contribution in [3.05, 3.63) is 47.5 Å². The fourth-order valence-corrected chi connectivity index (χ4v) is 3.10. The van der Waals surface area contributed by atoms with Gasteiger partial charge in [0.15, 0.2) is 5.78 Å². The molecule has 104 valence electrons. The highest BCUT2D eigenvalue weighted by Crippen LogP contribution is 2.23. The van der Waals surface area contributed by atoms with Crippen LogP contribution in [-0.2, 0) is 11.2 Å². The molecule has 0 bridgehead atoms. The third kappa shape index (κ3) is 2.61. The summed E-state index contributed by atoms with van der Waals surface area (Å²) in [5.74, 6) is 0.337. The molecule has 0 radical (unpaired) electrons. The quantitative estimate of drug-likeness (QED) is 0.923. The normalized spacial score (nSPS) is 19.1. The summed E-state index contributed by atoms with van der Waals surface area (Å²) < 4.78 is 0. The Balaban J connectivity index is 1.89. The number of hydrogen-bond donors (Lipinski definition) is 1. The van der Waals surface area contributed by atoms with Gasteiger partial charge in [0, 0.05) is 6.42 Å². The molecule has 1 unspecified atom stereocenters. The minimum absolute atomic E-state index is 0.0575. The second kappa shape index (κ2) is 5.76. The minimum atomic E-state index is 0.0575. The van der Waals surface area contributed by atoms with Crippen LogP contribution in [0.5, 0.6) is 0 Å². The number of piperidine rings is 1. The van der Waals surface area contributed by atoms with E-state index in [-0.39, 0.29) is 6.04 Å². The van der Waals surface area contributed by atoms with Crippen LogP contribution in [0.3, 0.4) is 0 Å². The first kappa shape index (κ1) is 13.3. The van der Waals surface area contributed by atoms with Gasteiger partial charge in [-0.3, -0.25) is 4.79 Å². The molecular formula is C18H21NO. The molecule has 2 aromatic carbocycles. The number of aryl methyl sites for hydroxylation is 1. The van der Waals surface area contributed by atoms with E-state index in [9.17, 15) is 4.79 Å². The number of carbonyl (C=O) groups excluding carboxylic acids is 1. The molecule has 2 aromatic rings. The molecule has 0 spiro atoms. The summed E-state index contributed by atoms with van der Waals surface area (Å²) in [6.07, 6.45) is 3.89. The van der Waals surface area contributed by atoms with Crippen molar-refractivity contribution in [1.82, 2.24) is 5.32 Å². The minimum Gasteiger partial charge on any atom is -0.307 e. The Bertz CT molecular complexity index is 626. The number of ketones is 1. The Kier molecular flexibility index (Phi) is 3.83. The monoisotopic (exact) mass is 267 g/mol. The number of hydrogen-bond acceptors (Lipinski definition) is 2. The van der Waals surface area contributed by atoms with Gasteiger partial charge >= 0.3 is 0 Å². The van der Waals surface area contributed by atoms with Crippen molar-refractivity contribution in [2.45, 2.75) is 38.6 Å². The predicted molar refractivity (Wildman–Crippen MR) is 83.0 cm³/mol. The highest BCUT2D eigenvalue weighted by atomic mass is 16.1. The van der Waals surface area contributed by atoms with Gasteiger partial charge in [0.1, 0.15) is 0 Å². The second-order valence-corrected chi connectivity index (χ2v) is 5.73. The van der Waals surface area contributed by atoms with Crippen LogP contribution in [0.1, 0.15) is 30.4 Å². The smallest absolute Gasteiger partial charge is 0.154 e. The number of fused-ring (bicyclic) bond motifs is 1. The van der Waals surface area contributed by atoms with Gasteiger partial charge in [0.2, 0.25) is 0 Å². The highest BCUT2D eigenvalue weighted by Gasteiger charge is 2.21. The van der Waals surface area contributed by atoms with Crippen LogP contribution in [0.25, 0.3) is 10.8 Å². The maximum Gasteiger partial charge on any atom is 0.154 e. The summed E-state index contributed by atoms with van der Waals surface area (Å²) in [6.45, 7) is 3.08. The van der Waals surface area contributed by atoms with E-state index in [0.717, 1.165) is 19.4 Å². The summed E-state index contributed by atoms with van der Waals surface area (Å²) in [5.41, 5.74) is 2.41. The second-order valence-electron chi connectivity index (χ2n) is 5.73. The molecule has 0 aromatic heterocycles. The lowest BCUT2D eigenvalue weighted by atomic mass is 9.91. The van der Waals surface area contributed by atoms with Crippen LogP contribution in [0.2, 0.25) is 0 Å². The van der Waals surface area contributed by atoms with Gasteiger partial charge in [-0.25, -0.2) is 0 Å². The molecule has 1 atom stereocenters. The van der Waals surface area contributed by atoms with E-state index in [1.807, 2.05) is 6.07 Å². The molecule has 1 fully saturated rings. The molecule has 1 N–H and O–H groups in total. The summed E-state index contributed by atoms with van der Waals surface area (Å²) >= 11 is 0. The Morgan fingerprint density at radius 1 is 1.20 bits per heavy atom. The van der Waals surface area contributed by atoms with E-state index in [1.54, 1.807) is 0 Å². The number of rotatable bonds is 3. The van der Waals surface area contributed by atoms with Crippen molar-refractivity contribution >= 4 is 16.6 Å². The van der Waals surface area contributed by atoms with Crippen LogP contribution >= 0.6 is 0 Å². The molecule has 1 aliphatic heterocycles. The van der Waals surface area contributed by atoms with Crippen LogP contribution in [0, 0.1) is 6.92 Å². The fourth-order valence-electron chi connectivity index (χ4n) is 3.10. The zero-order chi connectivity index (χ0) is 13.9. The third-order valence-corrected chi connectivity index (χ3v) is 4.32. The highest BCUT2D eigenvalue weighted by molar-refractivity contribution is 5.93. The van der Waals surface area contributed by atoms with Gasteiger partial charge in [-0.05, 0) is 48.2 Å². The molecule has 2 heteroatoms. The van der Waals surface area contributed by atoms with Crippen LogP contribution in [-0.4, -0.2) is 18.4 Å². The van der Waals surface area contributed by atoms with Crippen molar-refractivity contribution in [2.75, 3.05) is 6.54 Å². The van der Waals surface area contributed by atoms with Crippen molar-refractivity contribution in [3.8, 4) is 0 Å². The van der Waals surface area contributed by atoms with Gasteiger partial charge in [-0.2, -0.15) is 0 Å². The lowest BCUT2D eigenvalue weighted by molar-refractivity contribution is -0.120. The maximum atomic E-state index is 12.5. The van der Waals surface area contributed by atoms with Crippen molar-refractivity contribution in [3.63, 3.8) is 0 Å². The van der Waals surface area contributed by atoms with E-state index in [1.165, 1.54) is 28.3 Å². The Morgan fingerprint density at radius 2 is 2.05 bits per heavy atom. The van der Waals surface area contributed by atoms with E-state index in [2.05, 4.69) is 42.6 Å². The summed E-state index contributed by atoms with van der Waals surface area (Å²) in [7, 11) is 0. The predicted octanol–water partition coefficient (Wildman–Crippen LogP) is 3.40. The third-order valence-electron chi connectivity index (χ3n) is 4.32. The zero-order valence-electron chi connectivity index (χ0n) is 12.0. The molecule has 0 aliphatic carbocycles. The summed E-state index contributed by atoms with van der Waals surface area (Å²) in [5, 5.41) is 5.80. The Hall–Kier alpha value is -1.67. The average molecular weight is 267 g/mol. The SMILES string of the molecule is Cc1ccc2ccccc2c1CC(=O)C1CCCCN1. The van der Waals surface area contributed by atoms with E-state index >= 15 is 0 Å². The van der Waals surface area contributed by atoms with Crippen LogP contribution < -0.4 is 5.32 Å². The van der Waals surface area contributed by atoms with Gasteiger partial charge in [0.05, 0.1) is 6.04 Å². The molecule has 1 heterocycles. The number of carbonyl (C=O) groups is 1. The van der Waals surface area contributed by atoms with Crippen molar-refractivity contribution in [1.29, 1.82) is 0 Å². The van der Waals surface area contributed by atoms with E-state index in [4.69, 9.17) is 0 Å². The molecule has 1 aliphatic rings. The fraction of sp³-hybridized carbons (Fsp3) is 0.389. The lowest BCUT2D eigenvalue weighted by Crippen LogP contribution is -2.41. The number of benzene rings is 2. The van der Waals surface area contributed by atoms with Gasteiger partial charge in [0.25, 0.3) is 0 Å². The molecule has 20 heavy (non-hydrogen) atoms. The molecule has 0 amide bonds. The molecular weight excluding hydrogens is 246 g/mol. The van der Waals surface area contributed by atoms with Gasteiger partial charge in [-0.15, -0.1) is 0 Å². The first-order valence-corrected chi connectivity index (χ1v) is 7.49. The van der Waals surface area contributed by atoms with Gasteiger partial charge in [-0.1, -0.05) is 42.8 Å². The first-order valence-electron chi connectivity index (χ1n) is 7.49. The molecule has 1 saturated heterocycles. The van der Waals surface area contributed by atoms with Crippen molar-refractivity contribution < 1.29 is 4.79 Å². The van der Waals surface area contributed by atoms with E-state index < -0.39 is 0 Å². The van der Waals surface area contributed by atoms with Crippen LogP contribution in [0.4, 0.5) is 0 Å². The first-order chi connectivity index (χ1) is 9.75. The number of nitrogens with one attached hydrogen (secondary N) is 1. The van der Waals surface area contributed by atoms with Gasteiger partial charge < -0.3 is 5.32 Å². The molecule has 0 saturated carbocycles. The maximum absolute atomic E-state index is 12.5. The Morgan fingerprint density at radius 3 is 2.85 bits per heavy atom. The largest absolute Gasteiger partial charge is 0.307 e. The Labute approximate surface area is 120 Å². The van der Waals surface area contributed by atoms with Crippen molar-refractivity contribution in [2.24, 2.45) is 0 Å². The number of Topliss-reactive ketones (excluding diaryl/α,β-unsaturated/α-hetero) is 1. The lowest BCUT2D eigenvalue weighted by Gasteiger charge is -2.22. The molecule has 3 rings (SSSR count). The zero-order valence-corrected chi connectivity index (χ0v) is 12.0. The summed E-state index contributed by atoms with van der Waals surface area (Å²) in [6, 6.07) is 12.7. The van der Waals surface area contributed by atoms with E-state index in [0.29, 0.717) is 12.2 Å². The average Bonchev–Trinajstić information content (AvgIpc) is 2.51.